The van der Waals surface area contributed by atoms with Crippen molar-refractivity contribution < 1.29 is 62.5 Å². The van der Waals surface area contributed by atoms with Gasteiger partial charge in [0.25, 0.3) is 0 Å². The molecule has 0 aliphatic carbocycles. The zero-order valence-electron chi connectivity index (χ0n) is 42.6. The minimum Gasteiger partial charge on any atom is -0.394 e. The van der Waals surface area contributed by atoms with Gasteiger partial charge in [-0.3, -0.25) is 52.9 Å². The molecular weight excluding hydrogens is 955 g/mol. The third kappa shape index (κ3) is 24.4. The minimum absolute atomic E-state index is 0.00144. The number of carbonyl (C=O) groups excluding carboxylic acids is 10. The summed E-state index contributed by atoms with van der Waals surface area (Å²) in [7, 11) is 0. The monoisotopic (exact) mass is 1030 g/mol. The highest BCUT2D eigenvalue weighted by Crippen LogP contribution is 2.11. The summed E-state index contributed by atoms with van der Waals surface area (Å²) in [6.45, 7) is 8.20. The molecule has 1 aromatic carbocycles. The lowest BCUT2D eigenvalue weighted by atomic mass is 9.98. The number of carbonyl (C=O) groups is 10. The molecule has 0 bridgehead atoms. The summed E-state index contributed by atoms with van der Waals surface area (Å²) in [5.74, 6) is -9.36. The summed E-state index contributed by atoms with van der Waals surface area (Å²) in [4.78, 5) is 138. The lowest BCUT2D eigenvalue weighted by Crippen LogP contribution is -2.61. The molecule has 0 spiro atoms. The molecule has 1 heterocycles. The maximum atomic E-state index is 14.0. The Labute approximate surface area is 425 Å². The quantitative estimate of drug-likeness (QED) is 0.0534. The van der Waals surface area contributed by atoms with Gasteiger partial charge < -0.3 is 79.6 Å². The van der Waals surface area contributed by atoms with Crippen molar-refractivity contribution in [1.82, 2.24) is 47.9 Å². The second kappa shape index (κ2) is 32.9. The number of aliphatic hydroxyl groups excluding tert-OH is 1. The highest BCUT2D eigenvalue weighted by molar-refractivity contribution is 5.97. The molecule has 1 aliphatic heterocycles. The second-order valence-corrected chi connectivity index (χ2v) is 18.5. The molecular formula is C47H77N13O13. The van der Waals surface area contributed by atoms with Crippen LogP contribution in [0.4, 0.5) is 0 Å². The first-order chi connectivity index (χ1) is 34.5. The van der Waals surface area contributed by atoms with Crippen molar-refractivity contribution >= 4 is 65.0 Å². The number of aliphatic hydroxyl groups is 1. The Morgan fingerprint density at radius 1 is 0.644 bits per heavy atom. The van der Waals surface area contributed by atoms with E-state index in [-0.39, 0.29) is 83.3 Å². The highest BCUT2D eigenvalue weighted by Gasteiger charge is 2.35. The Kier molecular flexibility index (Phi) is 28.0. The Balaban J connectivity index is 2.48. The van der Waals surface area contributed by atoms with E-state index in [0.717, 1.165) is 0 Å². The molecule has 10 amide bonds. The number of nitrogens with one attached hydrogen (secondary N) is 9. The van der Waals surface area contributed by atoms with Crippen LogP contribution in [-0.2, 0) is 63.8 Å². The van der Waals surface area contributed by atoms with E-state index in [2.05, 4.69) is 52.8 Å². The van der Waals surface area contributed by atoms with Gasteiger partial charge in [0, 0.05) is 25.9 Å². The number of ether oxygens (including phenoxy) is 2. The van der Waals surface area contributed by atoms with Crippen LogP contribution < -0.4 is 65.1 Å². The predicted molar refractivity (Wildman–Crippen MR) is 266 cm³/mol. The number of nitrogens with zero attached hydrogens (tertiary/aromatic N) is 1. The van der Waals surface area contributed by atoms with Gasteiger partial charge in [0.2, 0.25) is 59.1 Å². The number of hydrogen-bond acceptors (Lipinski definition) is 14. The average molecular weight is 1030 g/mol. The number of benzene rings is 1. The molecule has 26 heteroatoms. The average Bonchev–Trinajstić information content (AvgIpc) is 3.32. The fourth-order valence-electron chi connectivity index (χ4n) is 7.17. The van der Waals surface area contributed by atoms with E-state index < -0.39 is 133 Å². The lowest BCUT2D eigenvalue weighted by molar-refractivity contribution is -0.137. The summed E-state index contributed by atoms with van der Waals surface area (Å²) >= 11 is 0. The first-order valence-corrected chi connectivity index (χ1v) is 24.3. The van der Waals surface area contributed by atoms with Crippen LogP contribution in [0.3, 0.4) is 0 Å². The van der Waals surface area contributed by atoms with Gasteiger partial charge >= 0.3 is 0 Å². The Hall–Kier alpha value is -6.93. The minimum atomic E-state index is -1.49. The summed E-state index contributed by atoms with van der Waals surface area (Å²) in [5, 5.41) is 33.1. The number of guanidine groups is 1. The fourth-order valence-corrected chi connectivity index (χ4v) is 7.17. The normalized spacial score (nSPS) is 24.2. The van der Waals surface area contributed by atoms with Crippen LogP contribution in [0.5, 0.6) is 0 Å². The molecule has 7 atom stereocenters. The third-order valence-electron chi connectivity index (χ3n) is 11.1. The fraction of sp³-hybridized carbons (Fsp3) is 0.638. The van der Waals surface area contributed by atoms with Crippen molar-refractivity contribution in [3.05, 3.63) is 35.9 Å². The number of amides is 10. The van der Waals surface area contributed by atoms with Gasteiger partial charge in [-0.1, -0.05) is 71.9 Å². The van der Waals surface area contributed by atoms with Gasteiger partial charge in [0.05, 0.1) is 33.0 Å². The smallest absolute Gasteiger partial charge is 0.246 e. The number of nitrogens with two attached hydrogens (primary N) is 3. The maximum absolute atomic E-state index is 14.0. The molecule has 0 radical (unpaired) electrons. The number of primary amides is 1. The van der Waals surface area contributed by atoms with Crippen molar-refractivity contribution in [2.24, 2.45) is 39.9 Å². The molecule has 1 saturated heterocycles. The third-order valence-corrected chi connectivity index (χ3v) is 11.1. The summed E-state index contributed by atoms with van der Waals surface area (Å²) in [6, 6.07) is -0.531. The summed E-state index contributed by atoms with van der Waals surface area (Å²) in [5.41, 5.74) is 17.2. The topological polar surface area (TPSA) is 408 Å². The number of hydrogen-bond donors (Lipinski definition) is 13. The molecule has 26 nitrogen and oxygen atoms in total. The molecule has 0 aromatic heterocycles. The first-order valence-electron chi connectivity index (χ1n) is 24.3. The molecule has 2 rings (SSSR count). The van der Waals surface area contributed by atoms with Crippen LogP contribution in [0, 0.1) is 17.8 Å². The van der Waals surface area contributed by atoms with E-state index in [0.29, 0.717) is 5.56 Å². The van der Waals surface area contributed by atoms with Gasteiger partial charge in [-0.05, 0) is 49.0 Å². The van der Waals surface area contributed by atoms with Gasteiger partial charge in [0.1, 0.15) is 48.9 Å². The van der Waals surface area contributed by atoms with E-state index in [1.54, 1.807) is 71.9 Å². The van der Waals surface area contributed by atoms with Crippen LogP contribution in [0.25, 0.3) is 0 Å². The molecule has 16 N–H and O–H groups in total. The number of aliphatic imine (C=N–C) groups is 1. The summed E-state index contributed by atoms with van der Waals surface area (Å²) < 4.78 is 10.7. The molecule has 7 unspecified atom stereocenters. The largest absolute Gasteiger partial charge is 0.394 e. The second-order valence-electron chi connectivity index (χ2n) is 18.5. The number of rotatable bonds is 12. The van der Waals surface area contributed by atoms with Gasteiger partial charge in [-0.15, -0.1) is 0 Å². The standard InChI is InChI=1S/C47H77N13O13/c1-26(2)21-32-43(68)57-31(13-10-16-52-47(49)50)42(67)56-30(40(48)65)14-15-35(62)51-17-18-72-19-20-73-25-37(64)55-34(24-61)44(69)59-39(28(5)6)46(71)60-38(27(3)4)45(70)58-33(22-29-11-8-7-9-12-29)41(66)53-23-36(63)54-32/h7-9,11-12,26-28,30-34,38-39,61H,10,13-25H2,1-6H3,(H2,48,65)(H,51,62)(H,53,66)(H,54,63)(H,55,64)(H,56,67)(H,57,68)(H,58,70)(H,59,69)(H,60,71)(H4,49,50,52). The molecule has 73 heavy (non-hydrogen) atoms. The molecule has 1 fully saturated rings. The molecule has 1 aliphatic rings. The summed E-state index contributed by atoms with van der Waals surface area (Å²) in [6.07, 6.45) is -0.277. The Bertz CT molecular complexity index is 2040. The van der Waals surface area contributed by atoms with Crippen LogP contribution in [0.15, 0.2) is 35.3 Å². The zero-order chi connectivity index (χ0) is 54.6. The van der Waals surface area contributed by atoms with Crippen molar-refractivity contribution in [2.45, 2.75) is 122 Å². The van der Waals surface area contributed by atoms with Crippen molar-refractivity contribution in [2.75, 3.05) is 52.7 Å². The van der Waals surface area contributed by atoms with E-state index >= 15 is 0 Å². The first kappa shape index (κ1) is 62.2. The molecule has 1 aromatic rings. The SMILES string of the molecule is CC(C)CC1NC(=O)CNC(=O)C(Cc2ccccc2)NC(=O)C(C(C)C)NC(=O)C(C(C)C)NC(=O)C(CO)NC(=O)COCCOCCNC(=O)CCC(C(N)=O)NC(=O)C(CCCN=C(N)N)NC1=O. The van der Waals surface area contributed by atoms with Crippen LogP contribution in [0.2, 0.25) is 0 Å². The zero-order valence-corrected chi connectivity index (χ0v) is 42.6. The van der Waals surface area contributed by atoms with Crippen LogP contribution >= 0.6 is 0 Å². The van der Waals surface area contributed by atoms with Gasteiger partial charge in [-0.2, -0.15) is 0 Å². The predicted octanol–water partition coefficient (Wildman–Crippen LogP) is -4.43. The van der Waals surface area contributed by atoms with E-state index in [4.69, 9.17) is 26.7 Å². The van der Waals surface area contributed by atoms with Crippen molar-refractivity contribution in [1.29, 1.82) is 0 Å². The van der Waals surface area contributed by atoms with E-state index in [1.165, 1.54) is 0 Å². The lowest BCUT2D eigenvalue weighted by Gasteiger charge is -2.29. The van der Waals surface area contributed by atoms with Gasteiger partial charge in [-0.25, -0.2) is 0 Å². The van der Waals surface area contributed by atoms with E-state index in [9.17, 15) is 53.1 Å². The maximum Gasteiger partial charge on any atom is 0.246 e. The molecule has 0 saturated carbocycles. The van der Waals surface area contributed by atoms with Crippen LogP contribution in [-0.4, -0.2) is 165 Å². The Morgan fingerprint density at radius 2 is 1.22 bits per heavy atom. The van der Waals surface area contributed by atoms with Crippen molar-refractivity contribution in [3.63, 3.8) is 0 Å². The van der Waals surface area contributed by atoms with Crippen LogP contribution in [0.1, 0.15) is 79.2 Å². The van der Waals surface area contributed by atoms with Gasteiger partial charge in [0.15, 0.2) is 5.96 Å². The highest BCUT2D eigenvalue weighted by atomic mass is 16.5. The van der Waals surface area contributed by atoms with E-state index in [1.807, 2.05) is 0 Å². The Morgan fingerprint density at radius 3 is 1.82 bits per heavy atom. The van der Waals surface area contributed by atoms with Crippen molar-refractivity contribution in [3.8, 4) is 0 Å². The molecule has 408 valence electrons.